The van der Waals surface area contributed by atoms with E-state index < -0.39 is 0 Å². The molecule has 1 aromatic heterocycles. The molecule has 9 nitrogen and oxygen atoms in total. The Balaban J connectivity index is 1.58. The first-order chi connectivity index (χ1) is 16.5. The lowest BCUT2D eigenvalue weighted by atomic mass is 9.93. The van der Waals surface area contributed by atoms with Crippen molar-refractivity contribution in [1.29, 1.82) is 0 Å². The van der Waals surface area contributed by atoms with Gasteiger partial charge in [0.25, 0.3) is 0 Å². The second-order valence-corrected chi connectivity index (χ2v) is 8.84. The van der Waals surface area contributed by atoms with Gasteiger partial charge in [-0.25, -0.2) is 0 Å². The fourth-order valence-electron chi connectivity index (χ4n) is 4.88. The van der Waals surface area contributed by atoms with Crippen molar-refractivity contribution in [2.75, 3.05) is 36.0 Å². The predicted octanol–water partition coefficient (Wildman–Crippen LogP) is 2.04. The smallest absolute Gasteiger partial charge is 0.231 e. The van der Waals surface area contributed by atoms with E-state index in [2.05, 4.69) is 6.07 Å². The summed E-state index contributed by atoms with van der Waals surface area (Å²) in [4.78, 5) is 30.1. The summed E-state index contributed by atoms with van der Waals surface area (Å²) in [6.07, 6.45) is 2.37. The normalized spacial score (nSPS) is 20.1. The highest BCUT2D eigenvalue weighted by Gasteiger charge is 2.31. The summed E-state index contributed by atoms with van der Waals surface area (Å²) in [6.45, 7) is 1.73. The molecule has 2 atom stereocenters. The highest BCUT2D eigenvalue weighted by molar-refractivity contribution is 5.77. The van der Waals surface area contributed by atoms with Crippen molar-refractivity contribution in [3.8, 4) is 17.1 Å². The third-order valence-corrected chi connectivity index (χ3v) is 6.66. The number of primary amides is 1. The molecule has 0 bridgehead atoms. The zero-order valence-corrected chi connectivity index (χ0v) is 18.8. The molecular weight excluding hydrogens is 432 g/mol. The van der Waals surface area contributed by atoms with Crippen molar-refractivity contribution in [2.45, 2.75) is 25.3 Å². The molecule has 0 spiro atoms. The highest BCUT2D eigenvalue weighted by atomic mass is 16.3. The van der Waals surface area contributed by atoms with Gasteiger partial charge in [-0.1, -0.05) is 36.4 Å². The minimum Gasteiger partial charge on any atom is -0.508 e. The van der Waals surface area contributed by atoms with Gasteiger partial charge < -0.3 is 25.7 Å². The number of aliphatic hydroxyl groups is 1. The number of rotatable bonds is 5. The van der Waals surface area contributed by atoms with E-state index in [0.717, 1.165) is 24.8 Å². The minimum atomic E-state index is -0.319. The number of aliphatic hydroxyl groups excluding tert-OH is 1. The van der Waals surface area contributed by atoms with Crippen LogP contribution in [-0.2, 0) is 11.2 Å². The van der Waals surface area contributed by atoms with Gasteiger partial charge in [0.15, 0.2) is 5.82 Å². The lowest BCUT2D eigenvalue weighted by molar-refractivity contribution is -0.122. The Hall–Kier alpha value is -3.72. The first kappa shape index (κ1) is 22.1. The SMILES string of the molecule is NC(=O)C1CCCN(c2nc(-c3cccc(O)c3)nc(N3CCc4ccccc4[C@@H]3CO)n2)C1. The van der Waals surface area contributed by atoms with E-state index in [1.807, 2.05) is 34.1 Å². The van der Waals surface area contributed by atoms with Gasteiger partial charge in [0.2, 0.25) is 17.8 Å². The van der Waals surface area contributed by atoms with Crippen molar-refractivity contribution in [1.82, 2.24) is 15.0 Å². The summed E-state index contributed by atoms with van der Waals surface area (Å²) in [5.41, 5.74) is 8.52. The van der Waals surface area contributed by atoms with Crippen LogP contribution in [0.5, 0.6) is 5.75 Å². The van der Waals surface area contributed by atoms with Crippen LogP contribution in [0.15, 0.2) is 48.5 Å². The van der Waals surface area contributed by atoms with Crippen molar-refractivity contribution in [3.05, 3.63) is 59.7 Å². The number of piperidine rings is 1. The van der Waals surface area contributed by atoms with E-state index in [1.165, 1.54) is 5.56 Å². The van der Waals surface area contributed by atoms with Gasteiger partial charge in [-0.2, -0.15) is 15.0 Å². The van der Waals surface area contributed by atoms with Gasteiger partial charge >= 0.3 is 0 Å². The number of amides is 1. The molecule has 3 heterocycles. The average Bonchev–Trinajstić information content (AvgIpc) is 2.87. The van der Waals surface area contributed by atoms with Gasteiger partial charge in [-0.15, -0.1) is 0 Å². The number of aromatic nitrogens is 3. The number of aromatic hydroxyl groups is 1. The third-order valence-electron chi connectivity index (χ3n) is 6.66. The molecule has 2 aliphatic heterocycles. The van der Waals surface area contributed by atoms with Gasteiger partial charge in [0, 0.05) is 25.2 Å². The van der Waals surface area contributed by atoms with Crippen LogP contribution in [0.1, 0.15) is 30.0 Å². The minimum absolute atomic E-state index is 0.0764. The molecule has 1 amide bonds. The van der Waals surface area contributed by atoms with E-state index in [4.69, 9.17) is 20.7 Å². The fourth-order valence-corrected chi connectivity index (χ4v) is 4.88. The molecule has 0 aliphatic carbocycles. The Labute approximate surface area is 197 Å². The lowest BCUT2D eigenvalue weighted by Gasteiger charge is -2.37. The first-order valence-electron chi connectivity index (χ1n) is 11.6. The number of anilines is 2. The number of fused-ring (bicyclic) bond motifs is 1. The molecule has 1 unspecified atom stereocenters. The van der Waals surface area contributed by atoms with E-state index in [-0.39, 0.29) is 30.2 Å². The van der Waals surface area contributed by atoms with Crippen LogP contribution >= 0.6 is 0 Å². The van der Waals surface area contributed by atoms with Crippen molar-refractivity contribution in [3.63, 3.8) is 0 Å². The largest absolute Gasteiger partial charge is 0.508 e. The number of nitrogens with zero attached hydrogens (tertiary/aromatic N) is 5. The van der Waals surface area contributed by atoms with E-state index >= 15 is 0 Å². The zero-order valence-electron chi connectivity index (χ0n) is 18.8. The highest BCUT2D eigenvalue weighted by Crippen LogP contribution is 2.34. The maximum atomic E-state index is 11.8. The maximum absolute atomic E-state index is 11.8. The molecular formula is C25H28N6O3. The quantitative estimate of drug-likeness (QED) is 0.528. The van der Waals surface area contributed by atoms with E-state index in [0.29, 0.717) is 42.9 Å². The van der Waals surface area contributed by atoms with E-state index in [9.17, 15) is 15.0 Å². The molecule has 3 aromatic rings. The summed E-state index contributed by atoms with van der Waals surface area (Å²) in [6, 6.07) is 14.6. The number of phenols is 1. The monoisotopic (exact) mass is 460 g/mol. The lowest BCUT2D eigenvalue weighted by Crippen LogP contribution is -2.43. The fraction of sp³-hybridized carbons (Fsp3) is 0.360. The molecule has 4 N–H and O–H groups in total. The Kier molecular flexibility index (Phi) is 6.02. The second-order valence-electron chi connectivity index (χ2n) is 8.84. The molecule has 176 valence electrons. The van der Waals surface area contributed by atoms with Gasteiger partial charge in [0.1, 0.15) is 5.75 Å². The standard InChI is InChI=1S/C25H28N6O3/c26-22(34)18-7-4-11-30(14-18)24-27-23(17-6-3-8-19(33)13-17)28-25(29-24)31-12-10-16-5-1-2-9-20(16)21(31)15-32/h1-3,5-6,8-9,13,18,21,32-33H,4,7,10-12,14-15H2,(H2,26,34)/t18?,21-/m0/s1. The molecule has 34 heavy (non-hydrogen) atoms. The Morgan fingerprint density at radius 1 is 1.06 bits per heavy atom. The summed E-state index contributed by atoms with van der Waals surface area (Å²) in [5.74, 6) is 0.883. The summed E-state index contributed by atoms with van der Waals surface area (Å²) in [5, 5.41) is 20.3. The van der Waals surface area contributed by atoms with E-state index in [1.54, 1.807) is 18.2 Å². The van der Waals surface area contributed by atoms with Crippen LogP contribution in [0.4, 0.5) is 11.9 Å². The molecule has 2 aromatic carbocycles. The number of hydrogen-bond donors (Lipinski definition) is 3. The summed E-state index contributed by atoms with van der Waals surface area (Å²) in [7, 11) is 0. The number of phenolic OH excluding ortho intramolecular Hbond substituents is 1. The van der Waals surface area contributed by atoms with Crippen molar-refractivity contribution < 1.29 is 15.0 Å². The Bertz CT molecular complexity index is 1200. The number of carbonyl (C=O) groups is 1. The molecule has 5 rings (SSSR count). The Morgan fingerprint density at radius 2 is 1.88 bits per heavy atom. The second kappa shape index (κ2) is 9.26. The van der Waals surface area contributed by atoms with Crippen molar-refractivity contribution in [2.24, 2.45) is 11.7 Å². The number of hydrogen-bond acceptors (Lipinski definition) is 8. The van der Waals surface area contributed by atoms with Gasteiger partial charge in [-0.05, 0) is 42.5 Å². The predicted molar refractivity (Wildman–Crippen MR) is 128 cm³/mol. The Morgan fingerprint density at radius 3 is 2.68 bits per heavy atom. The maximum Gasteiger partial charge on any atom is 0.231 e. The number of benzene rings is 2. The van der Waals surface area contributed by atoms with Crippen LogP contribution in [0.3, 0.4) is 0 Å². The topological polar surface area (TPSA) is 129 Å². The van der Waals surface area contributed by atoms with Crippen LogP contribution in [-0.4, -0.2) is 57.3 Å². The third kappa shape index (κ3) is 4.26. The van der Waals surface area contributed by atoms with Gasteiger partial charge in [-0.3, -0.25) is 4.79 Å². The van der Waals surface area contributed by atoms with Crippen molar-refractivity contribution >= 4 is 17.8 Å². The van der Waals surface area contributed by atoms with Crippen LogP contribution < -0.4 is 15.5 Å². The summed E-state index contributed by atoms with van der Waals surface area (Å²) < 4.78 is 0. The molecule has 1 saturated heterocycles. The summed E-state index contributed by atoms with van der Waals surface area (Å²) >= 11 is 0. The average molecular weight is 461 g/mol. The zero-order chi connectivity index (χ0) is 23.7. The van der Waals surface area contributed by atoms with Gasteiger partial charge in [0.05, 0.1) is 18.6 Å². The van der Waals surface area contributed by atoms with Crippen LogP contribution in [0.25, 0.3) is 11.4 Å². The number of carbonyl (C=O) groups excluding carboxylic acids is 1. The molecule has 9 heteroatoms. The molecule has 2 aliphatic rings. The molecule has 0 radical (unpaired) electrons. The number of nitrogens with two attached hydrogens (primary N) is 1. The molecule has 0 saturated carbocycles. The van der Waals surface area contributed by atoms with Crippen LogP contribution in [0.2, 0.25) is 0 Å². The molecule has 1 fully saturated rings. The van der Waals surface area contributed by atoms with Crippen LogP contribution in [0, 0.1) is 5.92 Å². The first-order valence-corrected chi connectivity index (χ1v) is 11.6.